The number of hydrogen-bond donors (Lipinski definition) is 1. The highest BCUT2D eigenvalue weighted by Gasteiger charge is 2.18. The number of aromatic nitrogens is 3. The van der Waals surface area contributed by atoms with Crippen LogP contribution in [0.2, 0.25) is 0 Å². The summed E-state index contributed by atoms with van der Waals surface area (Å²) in [6.07, 6.45) is 3.63. The summed E-state index contributed by atoms with van der Waals surface area (Å²) in [6.45, 7) is 2.85. The molecule has 1 unspecified atom stereocenters. The van der Waals surface area contributed by atoms with E-state index in [9.17, 15) is 0 Å². The van der Waals surface area contributed by atoms with Crippen LogP contribution in [-0.4, -0.2) is 14.8 Å². The van der Waals surface area contributed by atoms with Crippen LogP contribution in [0, 0.1) is 0 Å². The number of rotatable bonds is 3. The molecule has 19 heavy (non-hydrogen) atoms. The van der Waals surface area contributed by atoms with Crippen molar-refractivity contribution < 1.29 is 0 Å². The van der Waals surface area contributed by atoms with Gasteiger partial charge in [0, 0.05) is 12.7 Å². The van der Waals surface area contributed by atoms with Gasteiger partial charge in [0.1, 0.15) is 0 Å². The molecule has 1 atom stereocenters. The van der Waals surface area contributed by atoms with E-state index < -0.39 is 0 Å². The van der Waals surface area contributed by atoms with E-state index in [1.807, 2.05) is 22.3 Å². The summed E-state index contributed by atoms with van der Waals surface area (Å²) in [5, 5.41) is 6.35. The Morgan fingerprint density at radius 1 is 1.47 bits per heavy atom. The molecule has 0 spiro atoms. The zero-order valence-electron chi connectivity index (χ0n) is 10.4. The molecule has 0 fully saturated rings. The van der Waals surface area contributed by atoms with Crippen LogP contribution in [0.5, 0.6) is 0 Å². The van der Waals surface area contributed by atoms with Gasteiger partial charge in [-0.15, -0.1) is 11.3 Å². The Labute approximate surface area is 123 Å². The zero-order chi connectivity index (χ0) is 13.4. The number of halogens is 1. The first kappa shape index (κ1) is 12.8. The van der Waals surface area contributed by atoms with Gasteiger partial charge in [0.25, 0.3) is 0 Å². The molecule has 4 nitrogen and oxygen atoms in total. The summed E-state index contributed by atoms with van der Waals surface area (Å²) in [5.74, 6) is 0. The molecule has 0 aliphatic rings. The Kier molecular flexibility index (Phi) is 3.38. The average molecular weight is 337 g/mol. The fourth-order valence-corrected chi connectivity index (χ4v) is 3.45. The van der Waals surface area contributed by atoms with E-state index in [0.29, 0.717) is 0 Å². The third-order valence-electron chi connectivity index (χ3n) is 3.11. The summed E-state index contributed by atoms with van der Waals surface area (Å²) in [6, 6.07) is 3.90. The quantitative estimate of drug-likeness (QED) is 0.798. The van der Waals surface area contributed by atoms with E-state index in [-0.39, 0.29) is 6.04 Å². The van der Waals surface area contributed by atoms with Crippen LogP contribution < -0.4 is 5.73 Å². The molecule has 3 rings (SSSR count). The van der Waals surface area contributed by atoms with Gasteiger partial charge >= 0.3 is 0 Å². The number of nitrogens with zero attached hydrogens (tertiary/aromatic N) is 3. The lowest BCUT2D eigenvalue weighted by atomic mass is 10.1. The molecule has 0 saturated carbocycles. The van der Waals surface area contributed by atoms with E-state index in [2.05, 4.69) is 39.0 Å². The van der Waals surface area contributed by atoms with Crippen LogP contribution in [0.3, 0.4) is 0 Å². The molecule has 3 aromatic heterocycles. The second-order valence-electron chi connectivity index (χ2n) is 4.24. The number of aryl methyl sites for hydroxylation is 1. The predicted octanol–water partition coefficient (Wildman–Crippen LogP) is 3.32. The van der Waals surface area contributed by atoms with Crippen molar-refractivity contribution in [3.8, 4) is 0 Å². The van der Waals surface area contributed by atoms with Gasteiger partial charge in [0.05, 0.1) is 32.6 Å². The second-order valence-corrected chi connectivity index (χ2v) is 6.05. The van der Waals surface area contributed by atoms with Crippen LogP contribution >= 0.6 is 27.3 Å². The average Bonchev–Trinajstić information content (AvgIpc) is 3.02. The summed E-state index contributed by atoms with van der Waals surface area (Å²) in [5.41, 5.74) is 9.38. The minimum Gasteiger partial charge on any atom is -0.319 e. The summed E-state index contributed by atoms with van der Waals surface area (Å²) in [7, 11) is 0. The van der Waals surface area contributed by atoms with Crippen molar-refractivity contribution in [1.82, 2.24) is 14.8 Å². The molecule has 2 N–H and O–H groups in total. The molecule has 98 valence electrons. The predicted molar refractivity (Wildman–Crippen MR) is 81.3 cm³/mol. The van der Waals surface area contributed by atoms with Crippen LogP contribution in [0.4, 0.5) is 0 Å². The van der Waals surface area contributed by atoms with Crippen molar-refractivity contribution >= 4 is 37.5 Å². The number of nitrogens with two attached hydrogens (primary N) is 1. The number of hydrogen-bond acceptors (Lipinski definition) is 4. The Morgan fingerprint density at radius 2 is 2.32 bits per heavy atom. The molecule has 0 amide bonds. The van der Waals surface area contributed by atoms with Crippen molar-refractivity contribution in [3.63, 3.8) is 0 Å². The van der Waals surface area contributed by atoms with E-state index in [4.69, 9.17) is 5.73 Å². The first-order valence-corrected chi connectivity index (χ1v) is 7.68. The molecule has 3 heterocycles. The van der Waals surface area contributed by atoms with Gasteiger partial charge in [-0.1, -0.05) is 0 Å². The van der Waals surface area contributed by atoms with Crippen LogP contribution in [-0.2, 0) is 6.54 Å². The fourth-order valence-electron chi connectivity index (χ4n) is 2.12. The molecule has 0 radical (unpaired) electrons. The highest BCUT2D eigenvalue weighted by molar-refractivity contribution is 9.10. The van der Waals surface area contributed by atoms with Crippen LogP contribution in [0.25, 0.3) is 10.2 Å². The normalized spacial score (nSPS) is 13.0. The minimum atomic E-state index is -0.226. The highest BCUT2D eigenvalue weighted by atomic mass is 79.9. The van der Waals surface area contributed by atoms with E-state index in [1.54, 1.807) is 17.5 Å². The molecule has 0 saturated heterocycles. The molecular formula is C13H13BrN4S. The lowest BCUT2D eigenvalue weighted by Gasteiger charge is -2.14. The fraction of sp³-hybridized carbons (Fsp3) is 0.231. The molecule has 0 aliphatic heterocycles. The molecule has 0 bridgehead atoms. The Bertz CT molecular complexity index is 718. The van der Waals surface area contributed by atoms with Crippen molar-refractivity contribution in [3.05, 3.63) is 45.6 Å². The van der Waals surface area contributed by atoms with Crippen molar-refractivity contribution in [1.29, 1.82) is 0 Å². The Morgan fingerprint density at radius 3 is 3.11 bits per heavy atom. The standard InChI is InChI=1S/C13H13BrN4S/c1-2-18-13(9(14)7-17-18)12(15)8-5-11-10(16-6-8)3-4-19-11/h3-7,12H,2,15H2,1H3. The largest absolute Gasteiger partial charge is 0.319 e. The summed E-state index contributed by atoms with van der Waals surface area (Å²) < 4.78 is 4.01. The molecular weight excluding hydrogens is 324 g/mol. The highest BCUT2D eigenvalue weighted by Crippen LogP contribution is 2.29. The smallest absolute Gasteiger partial charge is 0.0809 e. The minimum absolute atomic E-state index is 0.226. The molecule has 0 aliphatic carbocycles. The van der Waals surface area contributed by atoms with E-state index >= 15 is 0 Å². The maximum Gasteiger partial charge on any atom is 0.0809 e. The third kappa shape index (κ3) is 2.20. The third-order valence-corrected chi connectivity index (χ3v) is 4.57. The SMILES string of the molecule is CCn1ncc(Br)c1C(N)c1cnc2ccsc2c1. The Balaban J connectivity index is 2.07. The number of fused-ring (bicyclic) bond motifs is 1. The van der Waals surface area contributed by atoms with Gasteiger partial charge < -0.3 is 5.73 Å². The van der Waals surface area contributed by atoms with Crippen LogP contribution in [0.1, 0.15) is 24.2 Å². The first-order chi connectivity index (χ1) is 9.20. The Hall–Kier alpha value is -1.24. The van der Waals surface area contributed by atoms with Gasteiger partial charge in [-0.3, -0.25) is 9.67 Å². The summed E-state index contributed by atoms with van der Waals surface area (Å²) in [4.78, 5) is 4.44. The molecule has 0 aromatic carbocycles. The van der Waals surface area contributed by atoms with Gasteiger partial charge in [-0.2, -0.15) is 5.10 Å². The van der Waals surface area contributed by atoms with E-state index in [1.165, 1.54) is 0 Å². The van der Waals surface area contributed by atoms with Crippen molar-refractivity contribution in [2.24, 2.45) is 5.73 Å². The first-order valence-electron chi connectivity index (χ1n) is 6.00. The second kappa shape index (κ2) is 5.03. The zero-order valence-corrected chi connectivity index (χ0v) is 12.8. The number of thiophene rings is 1. The maximum absolute atomic E-state index is 6.37. The van der Waals surface area contributed by atoms with Crippen molar-refractivity contribution in [2.45, 2.75) is 19.5 Å². The molecule has 3 aromatic rings. The van der Waals surface area contributed by atoms with Crippen LogP contribution in [0.15, 0.2) is 34.4 Å². The van der Waals surface area contributed by atoms with Gasteiger partial charge in [-0.25, -0.2) is 0 Å². The lowest BCUT2D eigenvalue weighted by molar-refractivity contribution is 0.599. The summed E-state index contributed by atoms with van der Waals surface area (Å²) >= 11 is 5.20. The van der Waals surface area contributed by atoms with Gasteiger partial charge in [0.15, 0.2) is 0 Å². The van der Waals surface area contributed by atoms with Gasteiger partial charge in [0.2, 0.25) is 0 Å². The van der Waals surface area contributed by atoms with Gasteiger partial charge in [-0.05, 0) is 45.9 Å². The maximum atomic E-state index is 6.37. The van der Waals surface area contributed by atoms with E-state index in [0.717, 1.165) is 32.5 Å². The topological polar surface area (TPSA) is 56.7 Å². The number of pyridine rings is 1. The molecule has 6 heteroatoms. The lowest BCUT2D eigenvalue weighted by Crippen LogP contribution is -2.17. The van der Waals surface area contributed by atoms with Crippen molar-refractivity contribution in [2.75, 3.05) is 0 Å². The monoisotopic (exact) mass is 336 g/mol.